The summed E-state index contributed by atoms with van der Waals surface area (Å²) in [7, 11) is 1.61. The third-order valence-corrected chi connectivity index (χ3v) is 5.26. The van der Waals surface area contributed by atoms with E-state index in [1.807, 2.05) is 42.5 Å². The number of amides is 2. The summed E-state index contributed by atoms with van der Waals surface area (Å²) < 4.78 is 10.7. The number of hydrogen-bond acceptors (Lipinski definition) is 4. The number of benzene rings is 2. The fourth-order valence-corrected chi connectivity index (χ4v) is 3.77. The number of carbonyl (C=O) groups is 2. The molecule has 0 spiro atoms. The van der Waals surface area contributed by atoms with E-state index in [-0.39, 0.29) is 24.3 Å². The number of nitrogens with one attached hydrogen (secondary N) is 1. The number of rotatable bonds is 5. The normalized spacial score (nSPS) is 18.0. The molecule has 2 aliphatic heterocycles. The molecule has 4 rings (SSSR count). The zero-order valence-electron chi connectivity index (χ0n) is 15.9. The third kappa shape index (κ3) is 3.87. The molecule has 1 atom stereocenters. The maximum atomic E-state index is 12.7. The Hall–Kier alpha value is -2.86. The lowest BCUT2D eigenvalue weighted by Gasteiger charge is -2.21. The van der Waals surface area contributed by atoms with Gasteiger partial charge in [-0.05, 0) is 54.7 Å². The molecule has 28 heavy (non-hydrogen) atoms. The van der Waals surface area contributed by atoms with E-state index in [9.17, 15) is 9.59 Å². The van der Waals surface area contributed by atoms with Crippen molar-refractivity contribution < 1.29 is 19.1 Å². The molecule has 0 unspecified atom stereocenters. The van der Waals surface area contributed by atoms with Gasteiger partial charge in [-0.25, -0.2) is 0 Å². The number of methoxy groups -OCH3 is 1. The highest BCUT2D eigenvalue weighted by Crippen LogP contribution is 2.32. The van der Waals surface area contributed by atoms with Crippen molar-refractivity contribution in [2.75, 3.05) is 30.5 Å². The largest absolute Gasteiger partial charge is 0.497 e. The van der Waals surface area contributed by atoms with Crippen molar-refractivity contribution in [2.45, 2.75) is 31.8 Å². The molecule has 2 amide bonds. The van der Waals surface area contributed by atoms with Crippen LogP contribution in [0.1, 0.15) is 24.0 Å². The number of hydrogen-bond donors (Lipinski definition) is 1. The molecule has 2 aromatic rings. The number of anilines is 2. The Morgan fingerprint density at radius 2 is 2.04 bits per heavy atom. The van der Waals surface area contributed by atoms with Crippen LogP contribution in [0.25, 0.3) is 0 Å². The van der Waals surface area contributed by atoms with Gasteiger partial charge in [0.1, 0.15) is 11.9 Å². The van der Waals surface area contributed by atoms with Gasteiger partial charge in [-0.2, -0.15) is 0 Å². The summed E-state index contributed by atoms with van der Waals surface area (Å²) in [6, 6.07) is 13.2. The van der Waals surface area contributed by atoms with Gasteiger partial charge in [-0.1, -0.05) is 18.2 Å². The second-order valence-corrected chi connectivity index (χ2v) is 7.16. The minimum Gasteiger partial charge on any atom is -0.497 e. The van der Waals surface area contributed by atoms with Crippen LogP contribution in [0.15, 0.2) is 42.5 Å². The standard InChI is InChI=1S/C22H24N2O4/c1-27-18-8-4-15(5-9-18)13-21(25)23-17-7-6-16-10-11-24(19(16)14-17)22(26)20-3-2-12-28-20/h4-9,14,20H,2-3,10-13H2,1H3,(H,23,25)/t20-/m1/s1. The highest BCUT2D eigenvalue weighted by Gasteiger charge is 2.32. The topological polar surface area (TPSA) is 67.9 Å². The molecule has 1 saturated heterocycles. The molecule has 0 radical (unpaired) electrons. The fourth-order valence-electron chi connectivity index (χ4n) is 3.77. The first-order chi connectivity index (χ1) is 13.6. The highest BCUT2D eigenvalue weighted by molar-refractivity contribution is 6.00. The predicted octanol–water partition coefficient (Wildman–Crippen LogP) is 2.94. The Bertz CT molecular complexity index is 873. The van der Waals surface area contributed by atoms with Gasteiger partial charge in [-0.3, -0.25) is 9.59 Å². The Labute approximate surface area is 164 Å². The van der Waals surface area contributed by atoms with E-state index in [0.717, 1.165) is 41.8 Å². The average Bonchev–Trinajstić information content (AvgIpc) is 3.38. The molecular formula is C22H24N2O4. The first-order valence-electron chi connectivity index (χ1n) is 9.63. The van der Waals surface area contributed by atoms with Crippen LogP contribution in [-0.2, 0) is 27.2 Å². The Morgan fingerprint density at radius 3 is 2.75 bits per heavy atom. The average molecular weight is 380 g/mol. The molecule has 2 aliphatic rings. The fraction of sp³-hybridized carbons (Fsp3) is 0.364. The summed E-state index contributed by atoms with van der Waals surface area (Å²) in [5, 5.41) is 2.94. The molecule has 0 aliphatic carbocycles. The molecule has 1 N–H and O–H groups in total. The molecule has 2 aromatic carbocycles. The van der Waals surface area contributed by atoms with Crippen LogP contribution in [0.2, 0.25) is 0 Å². The summed E-state index contributed by atoms with van der Waals surface area (Å²) in [6.07, 6.45) is 2.48. The van der Waals surface area contributed by atoms with Crippen molar-refractivity contribution in [1.29, 1.82) is 0 Å². The van der Waals surface area contributed by atoms with Crippen molar-refractivity contribution in [1.82, 2.24) is 0 Å². The summed E-state index contributed by atoms with van der Waals surface area (Å²) >= 11 is 0. The first kappa shape index (κ1) is 18.5. The molecule has 1 fully saturated rings. The zero-order valence-corrected chi connectivity index (χ0v) is 15.9. The summed E-state index contributed by atoms with van der Waals surface area (Å²) in [6.45, 7) is 1.32. The SMILES string of the molecule is COc1ccc(CC(=O)Nc2ccc3c(c2)N(C(=O)[C@H]2CCCO2)CC3)cc1. The second kappa shape index (κ2) is 8.02. The molecular weight excluding hydrogens is 356 g/mol. The van der Waals surface area contributed by atoms with Crippen molar-refractivity contribution >= 4 is 23.2 Å². The van der Waals surface area contributed by atoms with E-state index in [1.165, 1.54) is 0 Å². The Kier molecular flexibility index (Phi) is 5.30. The van der Waals surface area contributed by atoms with Gasteiger partial charge < -0.3 is 19.7 Å². The lowest BCUT2D eigenvalue weighted by molar-refractivity contribution is -0.127. The summed E-state index contributed by atoms with van der Waals surface area (Å²) in [5.74, 6) is 0.692. The van der Waals surface area contributed by atoms with Gasteiger partial charge in [0.25, 0.3) is 5.91 Å². The van der Waals surface area contributed by atoms with E-state index >= 15 is 0 Å². The molecule has 0 aromatic heterocycles. The quantitative estimate of drug-likeness (QED) is 0.866. The predicted molar refractivity (Wildman–Crippen MR) is 107 cm³/mol. The van der Waals surface area contributed by atoms with E-state index in [0.29, 0.717) is 18.8 Å². The molecule has 0 saturated carbocycles. The van der Waals surface area contributed by atoms with Crippen LogP contribution in [-0.4, -0.2) is 38.2 Å². The monoisotopic (exact) mass is 380 g/mol. The first-order valence-corrected chi connectivity index (χ1v) is 9.63. The van der Waals surface area contributed by atoms with Crippen LogP contribution in [0.4, 0.5) is 11.4 Å². The Balaban J connectivity index is 1.43. The van der Waals surface area contributed by atoms with E-state index in [4.69, 9.17) is 9.47 Å². The molecule has 2 heterocycles. The minimum absolute atomic E-state index is 0.0259. The van der Waals surface area contributed by atoms with Crippen molar-refractivity contribution in [3.63, 3.8) is 0 Å². The molecule has 6 heteroatoms. The van der Waals surface area contributed by atoms with Gasteiger partial charge >= 0.3 is 0 Å². The van der Waals surface area contributed by atoms with Gasteiger partial charge in [0.15, 0.2) is 0 Å². The van der Waals surface area contributed by atoms with Crippen LogP contribution < -0.4 is 15.0 Å². The molecule has 0 bridgehead atoms. The number of nitrogens with zero attached hydrogens (tertiary/aromatic N) is 1. The van der Waals surface area contributed by atoms with Crippen LogP contribution >= 0.6 is 0 Å². The van der Waals surface area contributed by atoms with Crippen LogP contribution in [0, 0.1) is 0 Å². The van der Waals surface area contributed by atoms with Gasteiger partial charge in [0.05, 0.1) is 13.5 Å². The lowest BCUT2D eigenvalue weighted by atomic mass is 10.1. The lowest BCUT2D eigenvalue weighted by Crippen LogP contribution is -2.37. The number of carbonyl (C=O) groups excluding carboxylic acids is 2. The second-order valence-electron chi connectivity index (χ2n) is 7.16. The Morgan fingerprint density at radius 1 is 1.21 bits per heavy atom. The van der Waals surface area contributed by atoms with Gasteiger partial charge in [0.2, 0.25) is 5.91 Å². The third-order valence-electron chi connectivity index (χ3n) is 5.26. The van der Waals surface area contributed by atoms with Crippen molar-refractivity contribution in [2.24, 2.45) is 0 Å². The van der Waals surface area contributed by atoms with Crippen LogP contribution in [0.3, 0.4) is 0 Å². The minimum atomic E-state index is -0.334. The van der Waals surface area contributed by atoms with E-state index < -0.39 is 0 Å². The van der Waals surface area contributed by atoms with E-state index in [1.54, 1.807) is 12.0 Å². The maximum absolute atomic E-state index is 12.7. The van der Waals surface area contributed by atoms with Gasteiger partial charge in [0, 0.05) is 24.5 Å². The molecule has 6 nitrogen and oxygen atoms in total. The summed E-state index contributed by atoms with van der Waals surface area (Å²) in [5.41, 5.74) is 3.61. The van der Waals surface area contributed by atoms with Crippen molar-refractivity contribution in [3.8, 4) is 5.75 Å². The van der Waals surface area contributed by atoms with Crippen LogP contribution in [0.5, 0.6) is 5.75 Å². The zero-order chi connectivity index (χ0) is 19.5. The number of fused-ring (bicyclic) bond motifs is 1. The number of ether oxygens (including phenoxy) is 2. The summed E-state index contributed by atoms with van der Waals surface area (Å²) in [4.78, 5) is 27.0. The molecule has 146 valence electrons. The maximum Gasteiger partial charge on any atom is 0.256 e. The smallest absolute Gasteiger partial charge is 0.256 e. The van der Waals surface area contributed by atoms with Gasteiger partial charge in [-0.15, -0.1) is 0 Å². The highest BCUT2D eigenvalue weighted by atomic mass is 16.5. The van der Waals surface area contributed by atoms with E-state index in [2.05, 4.69) is 5.32 Å². The van der Waals surface area contributed by atoms with Crippen molar-refractivity contribution in [3.05, 3.63) is 53.6 Å².